The van der Waals surface area contributed by atoms with Crippen LogP contribution >= 0.6 is 0 Å². The fraction of sp³-hybridized carbons (Fsp3) is 0.500. The third-order valence-electron chi connectivity index (χ3n) is 3.90. The van der Waals surface area contributed by atoms with Gasteiger partial charge in [0.2, 0.25) is 10.0 Å². The van der Waals surface area contributed by atoms with Crippen molar-refractivity contribution in [3.8, 4) is 0 Å². The zero-order valence-electron chi connectivity index (χ0n) is 11.7. The largest absolute Gasteiger partial charge is 0.384 e. The maximum atomic E-state index is 12.6. The van der Waals surface area contributed by atoms with Crippen LogP contribution in [0.3, 0.4) is 0 Å². The molecule has 1 aliphatic carbocycles. The van der Waals surface area contributed by atoms with E-state index in [9.17, 15) is 8.42 Å². The second-order valence-electron chi connectivity index (χ2n) is 5.23. The van der Waals surface area contributed by atoms with E-state index in [0.29, 0.717) is 11.3 Å². The quantitative estimate of drug-likeness (QED) is 0.658. The topological polar surface area (TPSA) is 87.2 Å². The molecule has 0 radical (unpaired) electrons. The van der Waals surface area contributed by atoms with Crippen molar-refractivity contribution in [1.29, 1.82) is 5.41 Å². The van der Waals surface area contributed by atoms with Crippen LogP contribution in [0.2, 0.25) is 0 Å². The highest BCUT2D eigenvalue weighted by molar-refractivity contribution is 7.93. The van der Waals surface area contributed by atoms with Crippen molar-refractivity contribution < 1.29 is 8.42 Å². The van der Waals surface area contributed by atoms with Crippen molar-refractivity contribution in [1.82, 2.24) is 0 Å². The van der Waals surface area contributed by atoms with Crippen LogP contribution in [-0.2, 0) is 10.0 Å². The normalized spacial score (nSPS) is 16.9. The number of nitrogens with two attached hydrogens (primary N) is 1. The molecule has 5 nitrogen and oxygen atoms in total. The second kappa shape index (κ2) is 5.83. The standard InChI is InChI=1S/C14H21N3O2S/c1-17(12-9-7-11(8-10-12)14(15)16)20(18,19)13-5-3-2-4-6-13/h7-10,13H,2-6H2,1H3,(H3,15,16). The van der Waals surface area contributed by atoms with Gasteiger partial charge in [-0.2, -0.15) is 0 Å². The van der Waals surface area contributed by atoms with Crippen molar-refractivity contribution in [2.75, 3.05) is 11.4 Å². The average Bonchev–Trinajstić information content (AvgIpc) is 2.47. The van der Waals surface area contributed by atoms with Gasteiger partial charge in [0.1, 0.15) is 5.84 Å². The molecule has 1 aromatic carbocycles. The summed E-state index contributed by atoms with van der Waals surface area (Å²) in [7, 11) is -1.71. The van der Waals surface area contributed by atoms with Gasteiger partial charge in [-0.15, -0.1) is 0 Å². The number of benzene rings is 1. The van der Waals surface area contributed by atoms with Crippen molar-refractivity contribution in [2.24, 2.45) is 5.73 Å². The summed E-state index contributed by atoms with van der Waals surface area (Å²) < 4.78 is 26.5. The zero-order valence-corrected chi connectivity index (χ0v) is 12.5. The van der Waals surface area contributed by atoms with E-state index in [-0.39, 0.29) is 11.1 Å². The van der Waals surface area contributed by atoms with E-state index < -0.39 is 10.0 Å². The van der Waals surface area contributed by atoms with Gasteiger partial charge >= 0.3 is 0 Å². The molecule has 0 heterocycles. The monoisotopic (exact) mass is 295 g/mol. The number of rotatable bonds is 4. The van der Waals surface area contributed by atoms with Crippen LogP contribution in [-0.4, -0.2) is 26.6 Å². The van der Waals surface area contributed by atoms with E-state index in [0.717, 1.165) is 32.1 Å². The summed E-state index contributed by atoms with van der Waals surface area (Å²) in [6.07, 6.45) is 4.60. The van der Waals surface area contributed by atoms with Crippen molar-refractivity contribution >= 4 is 21.5 Å². The van der Waals surface area contributed by atoms with Gasteiger partial charge in [0.25, 0.3) is 0 Å². The van der Waals surface area contributed by atoms with Crippen LogP contribution in [0.25, 0.3) is 0 Å². The van der Waals surface area contributed by atoms with Gasteiger partial charge in [-0.3, -0.25) is 9.71 Å². The summed E-state index contributed by atoms with van der Waals surface area (Å²) in [6, 6.07) is 6.73. The van der Waals surface area contributed by atoms with E-state index in [4.69, 9.17) is 11.1 Å². The Labute approximate surface area is 120 Å². The molecule has 0 unspecified atom stereocenters. The van der Waals surface area contributed by atoms with Crippen LogP contribution in [0.4, 0.5) is 5.69 Å². The van der Waals surface area contributed by atoms with Crippen molar-refractivity contribution in [3.05, 3.63) is 29.8 Å². The smallest absolute Gasteiger partial charge is 0.237 e. The molecule has 110 valence electrons. The molecule has 1 saturated carbocycles. The van der Waals surface area contributed by atoms with Crippen LogP contribution in [0.5, 0.6) is 0 Å². The summed E-state index contributed by atoms with van der Waals surface area (Å²) in [4.78, 5) is 0. The van der Waals surface area contributed by atoms with Gasteiger partial charge < -0.3 is 5.73 Å². The van der Waals surface area contributed by atoms with Gasteiger partial charge in [0.05, 0.1) is 10.9 Å². The third kappa shape index (κ3) is 2.95. The number of nitrogens with one attached hydrogen (secondary N) is 1. The molecule has 1 aliphatic rings. The lowest BCUT2D eigenvalue weighted by Crippen LogP contribution is -2.37. The van der Waals surface area contributed by atoms with Gasteiger partial charge in [-0.25, -0.2) is 8.42 Å². The molecule has 2 rings (SSSR count). The lowest BCUT2D eigenvalue weighted by Gasteiger charge is -2.28. The Balaban J connectivity index is 2.20. The van der Waals surface area contributed by atoms with E-state index in [1.54, 1.807) is 31.3 Å². The fourth-order valence-electron chi connectivity index (χ4n) is 2.58. The number of nitrogen functional groups attached to an aromatic ring is 1. The summed E-state index contributed by atoms with van der Waals surface area (Å²) >= 11 is 0. The van der Waals surface area contributed by atoms with E-state index in [2.05, 4.69) is 0 Å². The Kier molecular flexibility index (Phi) is 4.32. The molecule has 20 heavy (non-hydrogen) atoms. The first-order chi connectivity index (χ1) is 9.43. The number of sulfonamides is 1. The van der Waals surface area contributed by atoms with Crippen LogP contribution < -0.4 is 10.0 Å². The first-order valence-electron chi connectivity index (χ1n) is 6.85. The molecule has 0 amide bonds. The van der Waals surface area contributed by atoms with Crippen LogP contribution in [0, 0.1) is 5.41 Å². The maximum Gasteiger partial charge on any atom is 0.237 e. The lowest BCUT2D eigenvalue weighted by atomic mass is 10.0. The maximum absolute atomic E-state index is 12.6. The SMILES string of the molecule is CN(c1ccc(C(=N)N)cc1)S(=O)(=O)C1CCCCC1. The predicted molar refractivity (Wildman–Crippen MR) is 81.7 cm³/mol. The highest BCUT2D eigenvalue weighted by Gasteiger charge is 2.31. The highest BCUT2D eigenvalue weighted by Crippen LogP contribution is 2.28. The first kappa shape index (κ1) is 14.8. The van der Waals surface area contributed by atoms with Gasteiger partial charge in [-0.05, 0) is 37.1 Å². The minimum absolute atomic E-state index is 0.0191. The van der Waals surface area contributed by atoms with Gasteiger partial charge in [0, 0.05) is 12.6 Å². The number of nitrogens with zero attached hydrogens (tertiary/aromatic N) is 1. The lowest BCUT2D eigenvalue weighted by molar-refractivity contribution is 0.483. The molecular formula is C14H21N3O2S. The Morgan fingerprint density at radius 2 is 1.75 bits per heavy atom. The second-order valence-corrected chi connectivity index (χ2v) is 7.48. The zero-order chi connectivity index (χ0) is 14.8. The number of amidine groups is 1. The van der Waals surface area contributed by atoms with Crippen molar-refractivity contribution in [2.45, 2.75) is 37.4 Å². The summed E-state index contributed by atoms with van der Waals surface area (Å²) in [5.41, 5.74) is 6.60. The highest BCUT2D eigenvalue weighted by atomic mass is 32.2. The average molecular weight is 295 g/mol. The molecule has 0 saturated heterocycles. The number of anilines is 1. The predicted octanol–water partition coefficient (Wildman–Crippen LogP) is 2.07. The molecule has 0 aliphatic heterocycles. The molecule has 1 aromatic rings. The summed E-state index contributed by atoms with van der Waals surface area (Å²) in [6.45, 7) is 0. The molecule has 0 atom stereocenters. The third-order valence-corrected chi connectivity index (χ3v) is 6.19. The number of hydrogen-bond donors (Lipinski definition) is 2. The molecule has 1 fully saturated rings. The van der Waals surface area contributed by atoms with Crippen LogP contribution in [0.1, 0.15) is 37.7 Å². The molecule has 0 aromatic heterocycles. The summed E-state index contributed by atoms with van der Waals surface area (Å²) in [5.74, 6) is -0.0191. The van der Waals surface area contributed by atoms with Gasteiger partial charge in [-0.1, -0.05) is 19.3 Å². The number of hydrogen-bond acceptors (Lipinski definition) is 3. The van der Waals surface area contributed by atoms with Crippen molar-refractivity contribution in [3.63, 3.8) is 0 Å². The Hall–Kier alpha value is -1.56. The van der Waals surface area contributed by atoms with E-state index in [1.807, 2.05) is 0 Å². The Bertz CT molecular complexity index is 575. The van der Waals surface area contributed by atoms with E-state index >= 15 is 0 Å². The van der Waals surface area contributed by atoms with Crippen LogP contribution in [0.15, 0.2) is 24.3 Å². The van der Waals surface area contributed by atoms with Gasteiger partial charge in [0.15, 0.2) is 0 Å². The molecule has 0 bridgehead atoms. The Morgan fingerprint density at radius 3 is 2.25 bits per heavy atom. The summed E-state index contributed by atoms with van der Waals surface area (Å²) in [5, 5.41) is 7.07. The minimum atomic E-state index is -3.30. The van der Waals surface area contributed by atoms with E-state index in [1.165, 1.54) is 4.31 Å². The molecule has 3 N–H and O–H groups in total. The molecular weight excluding hydrogens is 274 g/mol. The molecule has 0 spiro atoms. The first-order valence-corrected chi connectivity index (χ1v) is 8.35. The minimum Gasteiger partial charge on any atom is -0.384 e. The Morgan fingerprint density at radius 1 is 1.20 bits per heavy atom. The fourth-order valence-corrected chi connectivity index (χ4v) is 4.38. The molecule has 6 heteroatoms.